The van der Waals surface area contributed by atoms with Gasteiger partial charge in [-0.25, -0.2) is 18.5 Å². The highest BCUT2D eigenvalue weighted by molar-refractivity contribution is 7.66. The Morgan fingerprint density at radius 3 is 2.44 bits per heavy atom. The van der Waals surface area contributed by atoms with Crippen LogP contribution in [0, 0.1) is 11.8 Å². The molecule has 0 bridgehead atoms. The van der Waals surface area contributed by atoms with E-state index in [-0.39, 0.29) is 18.5 Å². The summed E-state index contributed by atoms with van der Waals surface area (Å²) in [7, 11) is -16.7. The van der Waals surface area contributed by atoms with E-state index in [1.165, 1.54) is 0 Å². The van der Waals surface area contributed by atoms with Crippen LogP contribution in [-0.4, -0.2) is 59.6 Å². The third kappa shape index (κ3) is 7.84. The molecule has 8 N–H and O–H groups in total. The lowest BCUT2D eigenvalue weighted by atomic mass is 10.2. The summed E-state index contributed by atoms with van der Waals surface area (Å²) in [6.45, 7) is -0.973. The number of ether oxygens (including phenoxy) is 1. The first-order valence-electron chi connectivity index (χ1n) is 8.29. The molecule has 0 saturated carbocycles. The highest BCUT2D eigenvalue weighted by Gasteiger charge is 2.43. The molecule has 0 aliphatic carbocycles. The van der Waals surface area contributed by atoms with Gasteiger partial charge < -0.3 is 35.2 Å². The maximum atomic E-state index is 12.1. The molecule has 0 aromatic carbocycles. The Kier molecular flexibility index (Phi) is 8.54. The van der Waals surface area contributed by atoms with Crippen molar-refractivity contribution in [2.24, 2.45) is 5.73 Å². The third-order valence-corrected chi connectivity index (χ3v) is 7.43. The van der Waals surface area contributed by atoms with Gasteiger partial charge in [0.15, 0.2) is 0 Å². The van der Waals surface area contributed by atoms with Crippen LogP contribution in [0.3, 0.4) is 0 Å². The number of nitrogens with zero attached hydrogens (tertiary/aromatic N) is 1. The zero-order chi connectivity index (χ0) is 24.3. The van der Waals surface area contributed by atoms with Gasteiger partial charge in [0.25, 0.3) is 5.56 Å². The number of nitrogens with one attached hydrogen (secondary N) is 1. The number of aliphatic hydroxyl groups excluding tert-OH is 1. The molecule has 2 heterocycles. The second-order valence-electron chi connectivity index (χ2n) is 6.03. The molecule has 17 nitrogen and oxygen atoms in total. The van der Waals surface area contributed by atoms with E-state index in [0.717, 1.165) is 10.8 Å². The zero-order valence-electron chi connectivity index (χ0n) is 15.7. The normalized spacial score (nSPS) is 24.9. The molecule has 1 aromatic heterocycles. The number of H-pyrrole nitrogens is 1. The second kappa shape index (κ2) is 10.2. The quantitative estimate of drug-likeness (QED) is 0.142. The molecule has 0 amide bonds. The molecule has 2 unspecified atom stereocenters. The van der Waals surface area contributed by atoms with Gasteiger partial charge in [-0.15, -0.1) is 0 Å². The summed E-state index contributed by atoms with van der Waals surface area (Å²) in [6, 6.07) is 0. The number of phosphoric ester groups is 1. The Morgan fingerprint density at radius 1 is 1.19 bits per heavy atom. The largest absolute Gasteiger partial charge is 0.490 e. The van der Waals surface area contributed by atoms with E-state index in [9.17, 15) is 33.3 Å². The third-order valence-electron chi connectivity index (χ3n) is 3.63. The smallest absolute Gasteiger partial charge is 0.390 e. The Labute approximate surface area is 178 Å². The molecular formula is C12H18N3O14P3. The SMILES string of the molecule is NCC#Cc1cn([C@H]2C[C@@H](O)[C@@H](COP(=O)(O)OP(=O)(O)OP(=O)(O)O)O2)c(=O)[nH]c1=O. The first kappa shape index (κ1) is 26.8. The van der Waals surface area contributed by atoms with E-state index in [2.05, 4.69) is 25.0 Å². The second-order valence-corrected chi connectivity index (χ2v) is 10.5. The lowest BCUT2D eigenvalue weighted by Gasteiger charge is -2.19. The summed E-state index contributed by atoms with van der Waals surface area (Å²) in [5, 5.41) is 10.1. The number of rotatable bonds is 8. The summed E-state index contributed by atoms with van der Waals surface area (Å²) in [4.78, 5) is 61.3. The van der Waals surface area contributed by atoms with E-state index in [1.54, 1.807) is 0 Å². The highest BCUT2D eigenvalue weighted by Crippen LogP contribution is 2.66. The zero-order valence-corrected chi connectivity index (χ0v) is 18.4. The van der Waals surface area contributed by atoms with Gasteiger partial charge in [-0.05, 0) is 0 Å². The fourth-order valence-corrected chi connectivity index (χ4v) is 5.47. The molecule has 1 saturated heterocycles. The standard InChI is InChI=1S/C12H18N3O14P3/c13-3-1-2-7-5-15(12(18)14-11(7)17)10-4-8(16)9(27-10)6-26-31(22,23)29-32(24,25)28-30(19,20)21/h5,8-10,16H,3-4,6,13H2,(H,22,23)(H,24,25)(H,14,17,18)(H2,19,20,21)/t8-,9-,10-/m1/s1. The van der Waals surface area contributed by atoms with Gasteiger partial charge in [-0.1, -0.05) is 11.8 Å². The van der Waals surface area contributed by atoms with Crippen molar-refractivity contribution in [3.63, 3.8) is 0 Å². The Morgan fingerprint density at radius 2 is 1.84 bits per heavy atom. The lowest BCUT2D eigenvalue weighted by Crippen LogP contribution is -2.33. The van der Waals surface area contributed by atoms with Crippen LogP contribution < -0.4 is 17.0 Å². The van der Waals surface area contributed by atoms with Crippen LogP contribution in [0.15, 0.2) is 15.8 Å². The summed E-state index contributed by atoms with van der Waals surface area (Å²) in [6.07, 6.45) is -3.07. The minimum Gasteiger partial charge on any atom is -0.390 e. The van der Waals surface area contributed by atoms with E-state index in [0.29, 0.717) is 0 Å². The molecule has 1 fully saturated rings. The molecule has 1 aliphatic rings. The van der Waals surface area contributed by atoms with Crippen LogP contribution in [0.5, 0.6) is 0 Å². The number of aliphatic hydroxyl groups is 1. The van der Waals surface area contributed by atoms with Crippen molar-refractivity contribution in [3.05, 3.63) is 32.6 Å². The molecule has 0 radical (unpaired) electrons. The predicted octanol–water partition coefficient (Wildman–Crippen LogP) is -2.16. The molecule has 1 aliphatic heterocycles. The summed E-state index contributed by atoms with van der Waals surface area (Å²) in [5.41, 5.74) is 3.42. The van der Waals surface area contributed by atoms with Crippen LogP contribution in [0.2, 0.25) is 0 Å². The van der Waals surface area contributed by atoms with Crippen LogP contribution >= 0.6 is 23.5 Å². The summed E-state index contributed by atoms with van der Waals surface area (Å²) >= 11 is 0. The lowest BCUT2D eigenvalue weighted by molar-refractivity contribution is -0.0450. The average molecular weight is 521 g/mol. The van der Waals surface area contributed by atoms with Crippen LogP contribution in [0.1, 0.15) is 18.2 Å². The number of hydrogen-bond acceptors (Lipinski definition) is 11. The molecule has 5 atom stereocenters. The Bertz CT molecular complexity index is 1160. The number of nitrogens with two attached hydrogens (primary N) is 1. The molecule has 0 spiro atoms. The van der Waals surface area contributed by atoms with E-state index in [1.807, 2.05) is 4.98 Å². The van der Waals surface area contributed by atoms with Crippen molar-refractivity contribution in [2.75, 3.05) is 13.2 Å². The van der Waals surface area contributed by atoms with E-state index < -0.39 is 59.8 Å². The van der Waals surface area contributed by atoms with Gasteiger partial charge in [0.05, 0.1) is 19.3 Å². The molecule has 1 aromatic rings. The maximum absolute atomic E-state index is 12.1. The first-order chi connectivity index (χ1) is 14.6. The fraction of sp³-hybridized carbons (Fsp3) is 0.500. The molecule has 20 heteroatoms. The predicted molar refractivity (Wildman–Crippen MR) is 102 cm³/mol. The Balaban J connectivity index is 2.09. The summed E-state index contributed by atoms with van der Waals surface area (Å²) < 4.78 is 51.4. The van der Waals surface area contributed by atoms with Crippen LogP contribution in [0.4, 0.5) is 0 Å². The van der Waals surface area contributed by atoms with Crippen molar-refractivity contribution >= 4 is 23.5 Å². The minimum absolute atomic E-state index is 0.0557. The summed E-state index contributed by atoms with van der Waals surface area (Å²) in [5.74, 6) is 4.87. The van der Waals surface area contributed by atoms with E-state index in [4.69, 9.17) is 25.2 Å². The molecule has 180 valence electrons. The number of aromatic nitrogens is 2. The molecular weight excluding hydrogens is 503 g/mol. The van der Waals surface area contributed by atoms with Crippen molar-refractivity contribution in [3.8, 4) is 11.8 Å². The molecule has 32 heavy (non-hydrogen) atoms. The van der Waals surface area contributed by atoms with E-state index >= 15 is 0 Å². The highest BCUT2D eigenvalue weighted by atomic mass is 31.3. The molecule has 2 rings (SSSR count). The maximum Gasteiger partial charge on any atom is 0.490 e. The number of aromatic amines is 1. The topological polar surface area (TPSA) is 270 Å². The first-order valence-corrected chi connectivity index (χ1v) is 12.8. The monoisotopic (exact) mass is 521 g/mol. The Hall–Kier alpha value is -1.47. The van der Waals surface area contributed by atoms with Gasteiger partial charge in [0.2, 0.25) is 0 Å². The fourth-order valence-electron chi connectivity index (χ4n) is 2.44. The van der Waals surface area contributed by atoms with Crippen molar-refractivity contribution < 1.29 is 56.3 Å². The van der Waals surface area contributed by atoms with Gasteiger partial charge >= 0.3 is 29.2 Å². The van der Waals surface area contributed by atoms with Crippen LogP contribution in [0.25, 0.3) is 0 Å². The average Bonchev–Trinajstić information content (AvgIpc) is 2.97. The van der Waals surface area contributed by atoms with Gasteiger partial charge in [0, 0.05) is 12.6 Å². The number of phosphoric acid groups is 3. The minimum atomic E-state index is -5.70. The van der Waals surface area contributed by atoms with Gasteiger partial charge in [-0.3, -0.25) is 18.9 Å². The van der Waals surface area contributed by atoms with Gasteiger partial charge in [-0.2, -0.15) is 8.62 Å². The van der Waals surface area contributed by atoms with Crippen molar-refractivity contribution in [1.29, 1.82) is 0 Å². The van der Waals surface area contributed by atoms with Crippen molar-refractivity contribution in [2.45, 2.75) is 24.9 Å². The van der Waals surface area contributed by atoms with Crippen LogP contribution in [-0.2, 0) is 31.6 Å². The van der Waals surface area contributed by atoms with Crippen molar-refractivity contribution in [1.82, 2.24) is 9.55 Å². The van der Waals surface area contributed by atoms with Gasteiger partial charge in [0.1, 0.15) is 17.9 Å². The number of hydrogen-bond donors (Lipinski definition) is 7.